The van der Waals surface area contributed by atoms with Crippen LogP contribution in [0.3, 0.4) is 0 Å². The predicted molar refractivity (Wildman–Crippen MR) is 145 cm³/mol. The van der Waals surface area contributed by atoms with Gasteiger partial charge in [0.15, 0.2) is 0 Å². The highest BCUT2D eigenvalue weighted by atomic mass is 16.3. The van der Waals surface area contributed by atoms with Gasteiger partial charge >= 0.3 is 0 Å². The molecule has 0 amide bonds. The van der Waals surface area contributed by atoms with E-state index in [1.54, 1.807) is 12.4 Å². The maximum atomic E-state index is 10.5. The van der Waals surface area contributed by atoms with Crippen LogP contribution in [0.4, 0.5) is 11.4 Å². The summed E-state index contributed by atoms with van der Waals surface area (Å²) in [6, 6.07) is 11.7. The summed E-state index contributed by atoms with van der Waals surface area (Å²) < 4.78 is 0. The Bertz CT molecular complexity index is 901. The first-order chi connectivity index (χ1) is 16.5. The van der Waals surface area contributed by atoms with Crippen molar-refractivity contribution in [1.29, 1.82) is 0 Å². The van der Waals surface area contributed by atoms with Crippen molar-refractivity contribution in [2.24, 2.45) is 9.98 Å². The summed E-state index contributed by atoms with van der Waals surface area (Å²) in [6.45, 7) is 12.0. The first kappa shape index (κ1) is 25.6. The van der Waals surface area contributed by atoms with Gasteiger partial charge in [0.1, 0.15) is 11.5 Å². The Kier molecular flexibility index (Phi) is 9.37. The van der Waals surface area contributed by atoms with Gasteiger partial charge in [0.05, 0.1) is 12.1 Å². The van der Waals surface area contributed by atoms with Gasteiger partial charge in [-0.25, -0.2) is 0 Å². The molecule has 34 heavy (non-hydrogen) atoms. The fraction of sp³-hybridized carbons (Fsp3) is 0.500. The Morgan fingerprint density at radius 3 is 1.41 bits per heavy atom. The molecular formula is C28H40N4O2. The van der Waals surface area contributed by atoms with Gasteiger partial charge in [-0.1, -0.05) is 12.8 Å². The smallest absolute Gasteiger partial charge is 0.126 e. The van der Waals surface area contributed by atoms with Crippen LogP contribution in [0.15, 0.2) is 46.4 Å². The van der Waals surface area contributed by atoms with E-state index >= 15 is 0 Å². The Hall–Kier alpha value is -3.02. The molecule has 2 atom stereocenters. The number of aromatic hydroxyl groups is 2. The SMILES string of the molecule is CCN(CC)c1ccc(C=NC2CCCC[C@@H]2N=Cc2ccc(N(CC)CC)cc2O)c(O)c1. The number of rotatable bonds is 10. The Morgan fingerprint density at radius 2 is 1.09 bits per heavy atom. The fourth-order valence-corrected chi connectivity index (χ4v) is 4.64. The largest absolute Gasteiger partial charge is 0.507 e. The van der Waals surface area contributed by atoms with E-state index in [0.29, 0.717) is 0 Å². The number of hydrogen-bond donors (Lipinski definition) is 2. The zero-order valence-corrected chi connectivity index (χ0v) is 21.1. The average Bonchev–Trinajstić information content (AvgIpc) is 2.85. The minimum atomic E-state index is 0.0731. The molecule has 0 aromatic heterocycles. The van der Waals surface area contributed by atoms with E-state index in [1.165, 1.54) is 0 Å². The minimum Gasteiger partial charge on any atom is -0.507 e. The maximum absolute atomic E-state index is 10.5. The van der Waals surface area contributed by atoms with Crippen LogP contribution in [-0.2, 0) is 0 Å². The van der Waals surface area contributed by atoms with Gasteiger partial charge in [0.2, 0.25) is 0 Å². The van der Waals surface area contributed by atoms with Gasteiger partial charge in [-0.15, -0.1) is 0 Å². The average molecular weight is 465 g/mol. The summed E-state index contributed by atoms with van der Waals surface area (Å²) in [7, 11) is 0. The molecule has 0 radical (unpaired) electrons. The highest BCUT2D eigenvalue weighted by molar-refractivity contribution is 5.85. The van der Waals surface area contributed by atoms with Gasteiger partial charge in [-0.3, -0.25) is 9.98 Å². The van der Waals surface area contributed by atoms with Crippen LogP contribution in [0.5, 0.6) is 11.5 Å². The van der Waals surface area contributed by atoms with E-state index in [2.05, 4.69) is 37.5 Å². The molecule has 2 N–H and O–H groups in total. The summed E-state index contributed by atoms with van der Waals surface area (Å²) in [5.74, 6) is 0.504. The molecule has 2 aromatic rings. The van der Waals surface area contributed by atoms with Crippen molar-refractivity contribution in [3.63, 3.8) is 0 Å². The maximum Gasteiger partial charge on any atom is 0.126 e. The van der Waals surface area contributed by atoms with Crippen LogP contribution < -0.4 is 9.80 Å². The van der Waals surface area contributed by atoms with Crippen molar-refractivity contribution in [3.8, 4) is 11.5 Å². The third kappa shape index (κ3) is 6.31. The molecule has 6 nitrogen and oxygen atoms in total. The Labute approximate surface area is 204 Å². The molecular weight excluding hydrogens is 424 g/mol. The lowest BCUT2D eigenvalue weighted by Crippen LogP contribution is -2.27. The molecule has 0 saturated heterocycles. The van der Waals surface area contributed by atoms with Crippen LogP contribution in [0.1, 0.15) is 64.5 Å². The molecule has 3 rings (SSSR count). The van der Waals surface area contributed by atoms with Crippen molar-refractivity contribution in [2.75, 3.05) is 36.0 Å². The molecule has 1 aliphatic rings. The molecule has 0 spiro atoms. The highest BCUT2D eigenvalue weighted by Crippen LogP contribution is 2.28. The van der Waals surface area contributed by atoms with Crippen molar-refractivity contribution >= 4 is 23.8 Å². The van der Waals surface area contributed by atoms with E-state index in [0.717, 1.165) is 74.4 Å². The van der Waals surface area contributed by atoms with E-state index in [9.17, 15) is 10.2 Å². The van der Waals surface area contributed by atoms with Crippen LogP contribution in [0.2, 0.25) is 0 Å². The van der Waals surface area contributed by atoms with Crippen molar-refractivity contribution < 1.29 is 10.2 Å². The second-order valence-corrected chi connectivity index (χ2v) is 8.81. The number of aliphatic imine (C=N–C) groups is 2. The van der Waals surface area contributed by atoms with Crippen molar-refractivity contribution in [2.45, 2.75) is 65.5 Å². The third-order valence-corrected chi connectivity index (χ3v) is 6.79. The lowest BCUT2D eigenvalue weighted by Gasteiger charge is -2.25. The molecule has 1 saturated carbocycles. The molecule has 0 aliphatic heterocycles. The first-order valence-electron chi connectivity index (χ1n) is 12.7. The third-order valence-electron chi connectivity index (χ3n) is 6.79. The quantitative estimate of drug-likeness (QED) is 0.447. The molecule has 1 unspecified atom stereocenters. The number of benzene rings is 2. The first-order valence-corrected chi connectivity index (χ1v) is 12.7. The zero-order chi connectivity index (χ0) is 24.5. The van der Waals surface area contributed by atoms with Crippen molar-refractivity contribution in [3.05, 3.63) is 47.5 Å². The van der Waals surface area contributed by atoms with E-state index in [-0.39, 0.29) is 23.6 Å². The monoisotopic (exact) mass is 464 g/mol. The van der Waals surface area contributed by atoms with Gasteiger partial charge in [-0.2, -0.15) is 0 Å². The normalized spacial score (nSPS) is 18.6. The Morgan fingerprint density at radius 1 is 0.706 bits per heavy atom. The van der Waals surface area contributed by atoms with Crippen molar-refractivity contribution in [1.82, 2.24) is 0 Å². The van der Waals surface area contributed by atoms with Gasteiger partial charge < -0.3 is 20.0 Å². The van der Waals surface area contributed by atoms with E-state index < -0.39 is 0 Å². The standard InChI is InChI=1S/C28H40N4O2/c1-5-31(6-2)23-15-13-21(27(33)17-23)19-29-25-11-9-10-12-26(25)30-20-22-14-16-24(18-28(22)34)32(7-3)8-4/h13-20,25-26,33-34H,5-12H2,1-4H3/t25-,26?/m0/s1. The summed E-state index contributed by atoms with van der Waals surface area (Å²) in [5, 5.41) is 21.1. The Balaban J connectivity index is 1.72. The molecule has 1 aliphatic carbocycles. The molecule has 0 bridgehead atoms. The van der Waals surface area contributed by atoms with Crippen LogP contribution >= 0.6 is 0 Å². The molecule has 184 valence electrons. The second-order valence-electron chi connectivity index (χ2n) is 8.81. The van der Waals surface area contributed by atoms with Crippen LogP contribution in [0.25, 0.3) is 0 Å². The van der Waals surface area contributed by atoms with Gasteiger partial charge in [0.25, 0.3) is 0 Å². The molecule has 6 heteroatoms. The zero-order valence-electron chi connectivity index (χ0n) is 21.1. The predicted octanol–water partition coefficient (Wildman–Crippen LogP) is 5.64. The summed E-state index contributed by atoms with van der Waals surface area (Å²) >= 11 is 0. The second kappa shape index (κ2) is 12.4. The van der Waals surface area contributed by atoms with E-state index in [4.69, 9.17) is 9.98 Å². The lowest BCUT2D eigenvalue weighted by molar-refractivity contribution is 0.390. The summed E-state index contributed by atoms with van der Waals surface area (Å²) in [5.41, 5.74) is 3.50. The van der Waals surface area contributed by atoms with Crippen LogP contribution in [-0.4, -0.2) is 60.9 Å². The number of phenolic OH excluding ortho intramolecular Hbond substituents is 2. The van der Waals surface area contributed by atoms with Gasteiger partial charge in [0, 0.05) is 73.2 Å². The minimum absolute atomic E-state index is 0.0731. The molecule has 0 heterocycles. The number of nitrogens with zero attached hydrogens (tertiary/aromatic N) is 4. The number of anilines is 2. The lowest BCUT2D eigenvalue weighted by atomic mass is 9.91. The van der Waals surface area contributed by atoms with E-state index in [1.807, 2.05) is 36.4 Å². The number of hydrogen-bond acceptors (Lipinski definition) is 6. The highest BCUT2D eigenvalue weighted by Gasteiger charge is 2.23. The van der Waals surface area contributed by atoms with Gasteiger partial charge in [-0.05, 0) is 64.8 Å². The summed E-state index contributed by atoms with van der Waals surface area (Å²) in [4.78, 5) is 14.1. The van der Waals surface area contributed by atoms with Crippen LogP contribution in [0, 0.1) is 0 Å². The topological polar surface area (TPSA) is 71.7 Å². The molecule has 1 fully saturated rings. The fourth-order valence-electron chi connectivity index (χ4n) is 4.64. The molecule has 2 aromatic carbocycles. The summed E-state index contributed by atoms with van der Waals surface area (Å²) in [6.07, 6.45) is 7.79. The number of phenols is 2.